The Bertz CT molecular complexity index is 468. The third-order valence-electron chi connectivity index (χ3n) is 3.13. The lowest BCUT2D eigenvalue weighted by molar-refractivity contribution is -0.384. The average molecular weight is 280 g/mol. The molecule has 20 heavy (non-hydrogen) atoms. The standard InChI is InChI=1S/C13H16N2O5/c16-13(14-9-10-5-7-19-8-6-10)20-12-3-1-11(2-4-12)15(17)18/h1-4,10H,5-9H2,(H,14,16). The highest BCUT2D eigenvalue weighted by molar-refractivity contribution is 5.70. The van der Waals surface area contributed by atoms with E-state index in [4.69, 9.17) is 9.47 Å². The van der Waals surface area contributed by atoms with Gasteiger partial charge in [-0.3, -0.25) is 10.1 Å². The van der Waals surface area contributed by atoms with Gasteiger partial charge >= 0.3 is 6.09 Å². The van der Waals surface area contributed by atoms with E-state index in [0.717, 1.165) is 26.1 Å². The molecule has 1 N–H and O–H groups in total. The minimum atomic E-state index is -0.551. The van der Waals surface area contributed by atoms with Crippen LogP contribution in [0.5, 0.6) is 5.75 Å². The van der Waals surface area contributed by atoms with Crippen molar-refractivity contribution >= 4 is 11.8 Å². The topological polar surface area (TPSA) is 90.7 Å². The maximum absolute atomic E-state index is 11.6. The molecule has 1 fully saturated rings. The molecule has 1 aliphatic heterocycles. The predicted octanol–water partition coefficient (Wildman–Crippen LogP) is 2.11. The summed E-state index contributed by atoms with van der Waals surface area (Å²) < 4.78 is 10.3. The normalized spacial score (nSPS) is 15.6. The fourth-order valence-corrected chi connectivity index (χ4v) is 1.96. The van der Waals surface area contributed by atoms with Crippen LogP contribution in [0.4, 0.5) is 10.5 Å². The van der Waals surface area contributed by atoms with Crippen LogP contribution in [0.3, 0.4) is 0 Å². The van der Waals surface area contributed by atoms with E-state index in [1.165, 1.54) is 24.3 Å². The van der Waals surface area contributed by atoms with Crippen molar-refractivity contribution in [2.45, 2.75) is 12.8 Å². The minimum Gasteiger partial charge on any atom is -0.410 e. The van der Waals surface area contributed by atoms with Crippen molar-refractivity contribution in [2.24, 2.45) is 5.92 Å². The predicted molar refractivity (Wildman–Crippen MR) is 70.7 cm³/mol. The summed E-state index contributed by atoms with van der Waals surface area (Å²) in [6, 6.07) is 5.38. The third kappa shape index (κ3) is 4.20. The molecule has 0 radical (unpaired) electrons. The van der Waals surface area contributed by atoms with E-state index in [1.807, 2.05) is 0 Å². The monoisotopic (exact) mass is 280 g/mol. The fourth-order valence-electron chi connectivity index (χ4n) is 1.96. The molecular weight excluding hydrogens is 264 g/mol. The van der Waals surface area contributed by atoms with Gasteiger partial charge in [-0.05, 0) is 30.9 Å². The molecule has 0 bridgehead atoms. The van der Waals surface area contributed by atoms with Gasteiger partial charge in [0.15, 0.2) is 0 Å². The van der Waals surface area contributed by atoms with Crippen molar-refractivity contribution < 1.29 is 19.2 Å². The number of amides is 1. The Morgan fingerprint density at radius 3 is 2.60 bits per heavy atom. The molecule has 7 nitrogen and oxygen atoms in total. The third-order valence-corrected chi connectivity index (χ3v) is 3.13. The molecule has 1 heterocycles. The Kier molecular flexibility index (Phi) is 4.89. The summed E-state index contributed by atoms with van der Waals surface area (Å²) in [4.78, 5) is 21.6. The van der Waals surface area contributed by atoms with E-state index >= 15 is 0 Å². The molecule has 1 amide bonds. The maximum Gasteiger partial charge on any atom is 0.412 e. The lowest BCUT2D eigenvalue weighted by Crippen LogP contribution is -2.33. The quantitative estimate of drug-likeness (QED) is 0.673. The van der Waals surface area contributed by atoms with Crippen LogP contribution in [0, 0.1) is 16.0 Å². The van der Waals surface area contributed by atoms with E-state index in [1.54, 1.807) is 0 Å². The van der Waals surface area contributed by atoms with Crippen LogP contribution in [0.25, 0.3) is 0 Å². The Balaban J connectivity index is 1.77. The smallest absolute Gasteiger partial charge is 0.410 e. The highest BCUT2D eigenvalue weighted by Crippen LogP contribution is 2.17. The van der Waals surface area contributed by atoms with Crippen LogP contribution in [-0.4, -0.2) is 30.8 Å². The average Bonchev–Trinajstić information content (AvgIpc) is 2.47. The lowest BCUT2D eigenvalue weighted by Gasteiger charge is -2.21. The first-order chi connectivity index (χ1) is 9.65. The van der Waals surface area contributed by atoms with Crippen LogP contribution >= 0.6 is 0 Å². The van der Waals surface area contributed by atoms with Crippen molar-refractivity contribution in [1.82, 2.24) is 5.32 Å². The van der Waals surface area contributed by atoms with Gasteiger partial charge in [0.1, 0.15) is 5.75 Å². The molecule has 0 saturated carbocycles. The zero-order chi connectivity index (χ0) is 14.4. The Morgan fingerprint density at radius 2 is 2.00 bits per heavy atom. The van der Waals surface area contributed by atoms with Crippen LogP contribution in [0.15, 0.2) is 24.3 Å². The molecule has 1 aromatic rings. The summed E-state index contributed by atoms with van der Waals surface area (Å²) in [5.41, 5.74) is -0.0417. The first-order valence-electron chi connectivity index (χ1n) is 6.43. The number of rotatable bonds is 4. The molecule has 0 spiro atoms. The molecule has 0 aromatic heterocycles. The SMILES string of the molecule is O=C(NCC1CCOCC1)Oc1ccc([N+](=O)[O-])cc1. The van der Waals surface area contributed by atoms with Gasteiger partial charge in [-0.2, -0.15) is 0 Å². The molecule has 108 valence electrons. The van der Waals surface area contributed by atoms with Crippen molar-refractivity contribution in [3.63, 3.8) is 0 Å². The van der Waals surface area contributed by atoms with Crippen LogP contribution in [0.1, 0.15) is 12.8 Å². The molecule has 0 aliphatic carbocycles. The number of nitro groups is 1. The summed E-state index contributed by atoms with van der Waals surface area (Å²) in [6.45, 7) is 2.00. The van der Waals surface area contributed by atoms with Gasteiger partial charge in [-0.25, -0.2) is 4.79 Å². The fraction of sp³-hybridized carbons (Fsp3) is 0.462. The number of hydrogen-bond acceptors (Lipinski definition) is 5. The Labute approximate surface area is 116 Å². The summed E-state index contributed by atoms with van der Waals surface area (Å²) in [7, 11) is 0. The highest BCUT2D eigenvalue weighted by Gasteiger charge is 2.15. The maximum atomic E-state index is 11.6. The van der Waals surface area contributed by atoms with E-state index in [2.05, 4.69) is 5.32 Å². The first kappa shape index (κ1) is 14.3. The van der Waals surface area contributed by atoms with Crippen LogP contribution in [0.2, 0.25) is 0 Å². The van der Waals surface area contributed by atoms with Gasteiger partial charge in [0, 0.05) is 31.9 Å². The molecule has 2 rings (SSSR count). The second-order valence-electron chi connectivity index (χ2n) is 4.58. The lowest BCUT2D eigenvalue weighted by atomic mass is 10.0. The number of hydrogen-bond donors (Lipinski definition) is 1. The summed E-state index contributed by atoms with van der Waals surface area (Å²) >= 11 is 0. The minimum absolute atomic E-state index is 0.0417. The van der Waals surface area contributed by atoms with Crippen LogP contribution in [-0.2, 0) is 4.74 Å². The van der Waals surface area contributed by atoms with E-state index in [-0.39, 0.29) is 11.4 Å². The zero-order valence-corrected chi connectivity index (χ0v) is 10.9. The molecule has 1 aliphatic rings. The second kappa shape index (κ2) is 6.85. The van der Waals surface area contributed by atoms with Crippen molar-refractivity contribution in [1.29, 1.82) is 0 Å². The zero-order valence-electron chi connectivity index (χ0n) is 10.9. The van der Waals surface area contributed by atoms with E-state index < -0.39 is 11.0 Å². The van der Waals surface area contributed by atoms with Crippen molar-refractivity contribution in [2.75, 3.05) is 19.8 Å². The van der Waals surface area contributed by atoms with Gasteiger partial charge in [-0.15, -0.1) is 0 Å². The number of carbonyl (C=O) groups excluding carboxylic acids is 1. The number of carbonyl (C=O) groups is 1. The molecule has 1 saturated heterocycles. The van der Waals surface area contributed by atoms with Gasteiger partial charge in [0.05, 0.1) is 4.92 Å². The van der Waals surface area contributed by atoms with E-state index in [0.29, 0.717) is 12.5 Å². The number of nitrogens with one attached hydrogen (secondary N) is 1. The molecule has 0 unspecified atom stereocenters. The van der Waals surface area contributed by atoms with Crippen molar-refractivity contribution in [3.8, 4) is 5.75 Å². The van der Waals surface area contributed by atoms with Gasteiger partial charge < -0.3 is 14.8 Å². The molecule has 0 atom stereocenters. The Hall–Kier alpha value is -2.15. The number of non-ortho nitro benzene ring substituents is 1. The summed E-state index contributed by atoms with van der Waals surface area (Å²) in [5.74, 6) is 0.688. The summed E-state index contributed by atoms with van der Waals surface area (Å²) in [5, 5.41) is 13.2. The largest absolute Gasteiger partial charge is 0.412 e. The first-order valence-corrected chi connectivity index (χ1v) is 6.43. The molecule has 7 heteroatoms. The number of nitro benzene ring substituents is 1. The number of benzene rings is 1. The highest BCUT2D eigenvalue weighted by atomic mass is 16.6. The Morgan fingerprint density at radius 1 is 1.35 bits per heavy atom. The van der Waals surface area contributed by atoms with Gasteiger partial charge in [-0.1, -0.05) is 0 Å². The van der Waals surface area contributed by atoms with Crippen LogP contribution < -0.4 is 10.1 Å². The van der Waals surface area contributed by atoms with E-state index in [9.17, 15) is 14.9 Å². The molecule has 1 aromatic carbocycles. The number of ether oxygens (including phenoxy) is 2. The number of nitrogens with zero attached hydrogens (tertiary/aromatic N) is 1. The second-order valence-corrected chi connectivity index (χ2v) is 4.58. The molecular formula is C13H16N2O5. The van der Waals surface area contributed by atoms with Crippen molar-refractivity contribution in [3.05, 3.63) is 34.4 Å². The van der Waals surface area contributed by atoms with Gasteiger partial charge in [0.2, 0.25) is 0 Å². The summed E-state index contributed by atoms with van der Waals surface area (Å²) in [6.07, 6.45) is 1.31. The van der Waals surface area contributed by atoms with Gasteiger partial charge in [0.25, 0.3) is 5.69 Å².